The van der Waals surface area contributed by atoms with Crippen molar-refractivity contribution in [3.63, 3.8) is 0 Å². The Hall–Kier alpha value is -2.28. The Labute approximate surface area is 256 Å². The molecule has 2 atom stereocenters. The summed E-state index contributed by atoms with van der Waals surface area (Å²) in [5.41, 5.74) is -1.78. The summed E-state index contributed by atoms with van der Waals surface area (Å²) in [7, 11) is -5.01. The van der Waals surface area contributed by atoms with Crippen LogP contribution < -0.4 is 39.4 Å². The Morgan fingerprint density at radius 1 is 1.18 bits per heavy atom. The number of rotatable bonds is 10. The molecule has 0 N–H and O–H groups in total. The van der Waals surface area contributed by atoms with E-state index in [1.807, 2.05) is 0 Å². The number of carbonyl (C=O) groups is 1. The van der Waals surface area contributed by atoms with Crippen molar-refractivity contribution in [2.75, 3.05) is 12.4 Å². The molecule has 0 radical (unpaired) electrons. The molecule has 9 nitrogen and oxygen atoms in total. The maximum absolute atomic E-state index is 13.8. The summed E-state index contributed by atoms with van der Waals surface area (Å²) in [6, 6.07) is 11.4. The topological polar surface area (TPSA) is 131 Å². The van der Waals surface area contributed by atoms with Crippen molar-refractivity contribution in [1.82, 2.24) is 13.9 Å². The number of carbonyl (C=O) groups excluding carboxylic acids is 1. The first-order chi connectivity index (χ1) is 18.3. The third kappa shape index (κ3) is 6.95. The van der Waals surface area contributed by atoms with Gasteiger partial charge in [-0.3, -0.25) is 9.19 Å². The maximum Gasteiger partial charge on any atom is 1.00 e. The number of benzene rings is 2. The molecule has 4 rings (SSSR count). The van der Waals surface area contributed by atoms with Crippen LogP contribution in [0.5, 0.6) is 5.75 Å². The largest absolute Gasteiger partial charge is 1.00 e. The number of halogens is 2. The molecule has 0 aliphatic heterocycles. The molecule has 15 heteroatoms. The zero-order chi connectivity index (χ0) is 28.5. The van der Waals surface area contributed by atoms with E-state index in [0.717, 1.165) is 10.0 Å². The summed E-state index contributed by atoms with van der Waals surface area (Å²) >= 11 is 0. The van der Waals surface area contributed by atoms with E-state index in [4.69, 9.17) is 4.74 Å². The number of hydrogen-bond donors (Lipinski definition) is 0. The zero-order valence-electron chi connectivity index (χ0n) is 21.8. The molecular formula is C25H23F2N3NaO6PS2. The molecule has 0 amide bonds. The Balaban J connectivity index is 0.00000441. The SMILES string of the molecule is Cc1ccc(C(=O)[O-])cc1S(=O)(=O)n1c(S(=O)CCc2nccc(OCC(F)(F)P)c2C)nc2ccccc21.[Na+]. The molecule has 0 bridgehead atoms. The number of nitrogens with zero attached hydrogens (tertiary/aromatic N) is 3. The van der Waals surface area contributed by atoms with Crippen LogP contribution in [-0.4, -0.2) is 50.6 Å². The molecule has 4 aromatic rings. The van der Waals surface area contributed by atoms with E-state index >= 15 is 0 Å². The van der Waals surface area contributed by atoms with Gasteiger partial charge in [0.05, 0.1) is 32.7 Å². The third-order valence-electron chi connectivity index (χ3n) is 5.84. The number of carboxylic acid groups (broad SMARTS) is 1. The van der Waals surface area contributed by atoms with Crippen LogP contribution in [0.3, 0.4) is 0 Å². The number of aromatic carboxylic acids is 1. The van der Waals surface area contributed by atoms with Crippen molar-refractivity contribution in [3.05, 3.63) is 77.1 Å². The minimum atomic E-state index is -4.44. The van der Waals surface area contributed by atoms with Gasteiger partial charge in [-0.25, -0.2) is 17.4 Å². The van der Waals surface area contributed by atoms with Crippen LogP contribution in [0, 0.1) is 13.8 Å². The van der Waals surface area contributed by atoms with Crippen molar-refractivity contribution < 1.29 is 65.6 Å². The molecule has 0 aliphatic carbocycles. The van der Waals surface area contributed by atoms with Gasteiger partial charge in [0.2, 0.25) is 5.16 Å². The number of hydrogen-bond acceptors (Lipinski definition) is 8. The van der Waals surface area contributed by atoms with Gasteiger partial charge in [-0.15, -0.1) is 0 Å². The van der Waals surface area contributed by atoms with E-state index in [9.17, 15) is 31.3 Å². The van der Waals surface area contributed by atoms with Crippen LogP contribution in [0.1, 0.15) is 27.2 Å². The average Bonchev–Trinajstić information content (AvgIpc) is 3.27. The molecule has 206 valence electrons. The molecule has 0 saturated heterocycles. The molecule has 2 heterocycles. The number of ether oxygens (including phenoxy) is 1. The molecule has 2 aromatic heterocycles. The van der Waals surface area contributed by atoms with Crippen molar-refractivity contribution in [3.8, 4) is 5.75 Å². The quantitative estimate of drug-likeness (QED) is 0.178. The summed E-state index contributed by atoms with van der Waals surface area (Å²) in [5, 5.41) is 11.2. The second-order valence-corrected chi connectivity index (χ2v) is 12.7. The summed E-state index contributed by atoms with van der Waals surface area (Å²) in [6.07, 6.45) is 1.49. The van der Waals surface area contributed by atoms with Crippen molar-refractivity contribution in [2.45, 2.75) is 36.0 Å². The second kappa shape index (κ2) is 12.7. The number of aromatic nitrogens is 3. The van der Waals surface area contributed by atoms with Crippen molar-refractivity contribution in [2.24, 2.45) is 0 Å². The van der Waals surface area contributed by atoms with Crippen LogP contribution in [-0.2, 0) is 27.2 Å². The van der Waals surface area contributed by atoms with E-state index in [1.54, 1.807) is 25.1 Å². The Bertz CT molecular complexity index is 1710. The number of aryl methyl sites for hydroxylation is 2. The standard InChI is InChI=1S/C25H24F2N3O6PS2.Na/c1-15-7-8-17(23(31)32)13-22(15)39(34,35)30-20-6-4-3-5-19(20)29-24(30)38(33)12-10-18-16(2)21(9-11-28-18)36-14-25(26,27)37;/h3-9,11,13H,10,12,14,37H2,1-2H3,(H,31,32);/q;+1/p-1. The molecule has 40 heavy (non-hydrogen) atoms. The molecule has 0 aliphatic rings. The van der Waals surface area contributed by atoms with E-state index in [1.165, 1.54) is 46.6 Å². The number of imidazole rings is 1. The van der Waals surface area contributed by atoms with Gasteiger partial charge in [0.25, 0.3) is 15.7 Å². The summed E-state index contributed by atoms with van der Waals surface area (Å²) in [4.78, 5) is 19.7. The number of alkyl halides is 2. The van der Waals surface area contributed by atoms with Gasteiger partial charge in [0.1, 0.15) is 5.75 Å². The summed E-state index contributed by atoms with van der Waals surface area (Å²) < 4.78 is 73.6. The van der Waals surface area contributed by atoms with Crippen LogP contribution in [0.15, 0.2) is 64.8 Å². The number of para-hydroxylation sites is 2. The number of pyridine rings is 1. The van der Waals surface area contributed by atoms with Gasteiger partial charge in [-0.05, 0) is 49.2 Å². The molecule has 0 fully saturated rings. The van der Waals surface area contributed by atoms with Crippen LogP contribution in [0.2, 0.25) is 0 Å². The average molecular weight is 618 g/mol. The van der Waals surface area contributed by atoms with E-state index in [-0.39, 0.29) is 79.7 Å². The Morgan fingerprint density at radius 2 is 1.88 bits per heavy atom. The van der Waals surface area contributed by atoms with Gasteiger partial charge in [0, 0.05) is 29.6 Å². The fraction of sp³-hybridized carbons (Fsp3) is 0.240. The van der Waals surface area contributed by atoms with Gasteiger partial charge < -0.3 is 14.6 Å². The first-order valence-electron chi connectivity index (χ1n) is 11.5. The van der Waals surface area contributed by atoms with E-state index in [2.05, 4.69) is 9.97 Å². The maximum atomic E-state index is 13.8. The molecular weight excluding hydrogens is 594 g/mol. The van der Waals surface area contributed by atoms with E-state index < -0.39 is 39.1 Å². The predicted octanol–water partition coefficient (Wildman–Crippen LogP) is -0.150. The number of fused-ring (bicyclic) bond motifs is 1. The molecule has 0 saturated carbocycles. The minimum absolute atomic E-state index is 0. The van der Waals surface area contributed by atoms with Crippen LogP contribution >= 0.6 is 9.24 Å². The smallest absolute Gasteiger partial charge is 0.545 e. The van der Waals surface area contributed by atoms with Crippen LogP contribution in [0.4, 0.5) is 8.78 Å². The van der Waals surface area contributed by atoms with Gasteiger partial charge in [-0.1, -0.05) is 33.5 Å². The molecule has 0 spiro atoms. The second-order valence-electron chi connectivity index (χ2n) is 8.65. The fourth-order valence-corrected chi connectivity index (χ4v) is 7.16. The Kier molecular flexibility index (Phi) is 10.2. The summed E-state index contributed by atoms with van der Waals surface area (Å²) in [5.74, 6) is -1.43. The van der Waals surface area contributed by atoms with Crippen LogP contribution in [0.25, 0.3) is 11.0 Å². The van der Waals surface area contributed by atoms with Gasteiger partial charge >= 0.3 is 29.6 Å². The third-order valence-corrected chi connectivity index (χ3v) is 9.22. The normalized spacial score (nSPS) is 12.6. The predicted molar refractivity (Wildman–Crippen MR) is 142 cm³/mol. The van der Waals surface area contributed by atoms with Crippen molar-refractivity contribution in [1.29, 1.82) is 0 Å². The first kappa shape index (κ1) is 32.2. The molecule has 2 aromatic carbocycles. The van der Waals surface area contributed by atoms with Gasteiger partial charge in [0.15, 0.2) is 6.61 Å². The monoisotopic (exact) mass is 617 g/mol. The fourth-order valence-electron chi connectivity index (χ4n) is 3.88. The van der Waals surface area contributed by atoms with E-state index in [0.29, 0.717) is 11.3 Å². The zero-order valence-corrected chi connectivity index (χ0v) is 26.5. The van der Waals surface area contributed by atoms with Gasteiger partial charge in [-0.2, -0.15) is 8.78 Å². The minimum Gasteiger partial charge on any atom is -0.545 e. The van der Waals surface area contributed by atoms with Crippen molar-refractivity contribution >= 4 is 47.1 Å². The molecule has 2 unspecified atom stereocenters. The first-order valence-corrected chi connectivity index (χ1v) is 14.8. The number of carboxylic acids is 1. The summed E-state index contributed by atoms with van der Waals surface area (Å²) in [6.45, 7) is 2.29. The Morgan fingerprint density at radius 3 is 2.55 bits per heavy atom.